The van der Waals surface area contributed by atoms with Crippen LogP contribution in [0.3, 0.4) is 0 Å². The van der Waals surface area contributed by atoms with E-state index in [1.165, 1.54) is 128 Å². The monoisotopic (exact) mass is 834 g/mol. The van der Waals surface area contributed by atoms with Crippen LogP contribution in [0.2, 0.25) is 0 Å². The van der Waals surface area contributed by atoms with Gasteiger partial charge in [0.15, 0.2) is 6.29 Å². The second-order valence-corrected chi connectivity index (χ2v) is 17.0. The standard InChI is InChI=1S/C44H83NO11S/c1-3-5-7-9-11-13-14-15-16-17-18-19-20-21-22-23-24-26-27-29-31-33-38(47)37(45-40(48)34-32-30-28-25-12-10-8-6-4-2)36-54-44-42(50)43(56-57(51,52)53)41(49)39(35-46)55-44/h25,28,31,33,37-39,41-44,46-47,49-50H,3-24,26-27,29-30,32,34-36H2,1-2H3,(H,45,48)(H,51,52,53)/b28-25-,33-31+. The number of allylic oxidation sites excluding steroid dienone is 3. The third-order valence-electron chi connectivity index (χ3n) is 10.7. The number of unbranched alkanes of at least 4 members (excludes halogenated alkanes) is 24. The molecule has 336 valence electrons. The fourth-order valence-electron chi connectivity index (χ4n) is 7.16. The first-order chi connectivity index (χ1) is 27.5. The van der Waals surface area contributed by atoms with Crippen LogP contribution in [-0.4, -0.2) is 95.4 Å². The zero-order valence-electron chi connectivity index (χ0n) is 35.7. The molecule has 0 aliphatic carbocycles. The molecule has 7 unspecified atom stereocenters. The molecule has 1 aliphatic heterocycles. The zero-order chi connectivity index (χ0) is 42.0. The first kappa shape index (κ1) is 53.6. The van der Waals surface area contributed by atoms with Crippen molar-refractivity contribution in [2.45, 2.75) is 236 Å². The molecule has 13 heteroatoms. The number of carbonyl (C=O) groups excluding carboxylic acids is 1. The van der Waals surface area contributed by atoms with Gasteiger partial charge in [-0.2, -0.15) is 8.42 Å². The van der Waals surface area contributed by atoms with E-state index < -0.39 is 59.9 Å². The van der Waals surface area contributed by atoms with Gasteiger partial charge in [0.2, 0.25) is 5.91 Å². The van der Waals surface area contributed by atoms with Gasteiger partial charge in [-0.3, -0.25) is 9.35 Å². The molecule has 1 saturated heterocycles. The summed E-state index contributed by atoms with van der Waals surface area (Å²) >= 11 is 0. The van der Waals surface area contributed by atoms with Crippen molar-refractivity contribution in [1.29, 1.82) is 0 Å². The summed E-state index contributed by atoms with van der Waals surface area (Å²) in [6, 6.07) is -0.955. The van der Waals surface area contributed by atoms with Crippen LogP contribution in [0.5, 0.6) is 0 Å². The molecule has 1 heterocycles. The van der Waals surface area contributed by atoms with Crippen molar-refractivity contribution in [3.05, 3.63) is 24.3 Å². The van der Waals surface area contributed by atoms with Crippen molar-refractivity contribution in [2.75, 3.05) is 13.2 Å². The maximum Gasteiger partial charge on any atom is 0.397 e. The number of ether oxygens (including phenoxy) is 2. The first-order valence-corrected chi connectivity index (χ1v) is 24.1. The van der Waals surface area contributed by atoms with E-state index in [1.54, 1.807) is 6.08 Å². The normalized spacial score (nSPS) is 21.4. The number of hydrogen-bond acceptors (Lipinski definition) is 10. The molecule has 1 fully saturated rings. The molecular formula is C44H83NO11S. The number of carbonyl (C=O) groups is 1. The molecule has 0 aromatic rings. The molecule has 0 spiro atoms. The maximum absolute atomic E-state index is 12.9. The van der Waals surface area contributed by atoms with Gasteiger partial charge < -0.3 is 35.2 Å². The summed E-state index contributed by atoms with van der Waals surface area (Å²) in [4.78, 5) is 12.9. The van der Waals surface area contributed by atoms with Crippen molar-refractivity contribution >= 4 is 16.3 Å². The van der Waals surface area contributed by atoms with E-state index in [-0.39, 0.29) is 18.9 Å². The lowest BCUT2D eigenvalue weighted by atomic mass is 9.99. The van der Waals surface area contributed by atoms with Crippen LogP contribution < -0.4 is 5.32 Å². The first-order valence-electron chi connectivity index (χ1n) is 22.7. The fraction of sp³-hybridized carbons (Fsp3) is 0.886. The molecule has 1 rings (SSSR count). The summed E-state index contributed by atoms with van der Waals surface area (Å²) in [6.07, 6.45) is 31.0. The summed E-state index contributed by atoms with van der Waals surface area (Å²) < 4.78 is 47.4. The van der Waals surface area contributed by atoms with E-state index in [0.717, 1.165) is 38.5 Å². The largest absolute Gasteiger partial charge is 0.397 e. The van der Waals surface area contributed by atoms with Gasteiger partial charge in [0.05, 0.1) is 25.4 Å². The van der Waals surface area contributed by atoms with Gasteiger partial charge in [-0.25, -0.2) is 4.18 Å². The molecule has 57 heavy (non-hydrogen) atoms. The van der Waals surface area contributed by atoms with Crippen molar-refractivity contribution in [3.8, 4) is 0 Å². The summed E-state index contributed by atoms with van der Waals surface area (Å²) in [7, 11) is -5.08. The SMILES string of the molecule is CCCCCC/C=C\CCCC(=O)NC(COC1OC(CO)C(O)C(OS(=O)(=O)O)C1O)C(O)/C=C/CCCCCCCCCCCCCCCCCCCCC. The maximum atomic E-state index is 12.9. The second kappa shape index (κ2) is 35.3. The second-order valence-electron chi connectivity index (χ2n) is 16.0. The van der Waals surface area contributed by atoms with E-state index in [9.17, 15) is 33.6 Å². The molecule has 0 aromatic carbocycles. The van der Waals surface area contributed by atoms with Crippen LogP contribution in [0.25, 0.3) is 0 Å². The molecule has 0 radical (unpaired) electrons. The number of aliphatic hydroxyl groups excluding tert-OH is 4. The molecule has 0 aromatic heterocycles. The number of hydrogen-bond donors (Lipinski definition) is 6. The molecule has 1 aliphatic rings. The Kier molecular flexibility index (Phi) is 33.2. The predicted octanol–water partition coefficient (Wildman–Crippen LogP) is 8.55. The smallest absolute Gasteiger partial charge is 0.394 e. The lowest BCUT2D eigenvalue weighted by Gasteiger charge is -2.41. The van der Waals surface area contributed by atoms with Gasteiger partial charge in [0.25, 0.3) is 0 Å². The van der Waals surface area contributed by atoms with Crippen LogP contribution in [0.1, 0.15) is 194 Å². The highest BCUT2D eigenvalue weighted by Crippen LogP contribution is 2.26. The third-order valence-corrected chi connectivity index (χ3v) is 11.2. The van der Waals surface area contributed by atoms with Crippen molar-refractivity contribution in [1.82, 2.24) is 5.32 Å². The molecular weight excluding hydrogens is 751 g/mol. The predicted molar refractivity (Wildman–Crippen MR) is 227 cm³/mol. The van der Waals surface area contributed by atoms with E-state index >= 15 is 0 Å². The minimum absolute atomic E-state index is 0.220. The molecule has 0 saturated carbocycles. The number of amides is 1. The third kappa shape index (κ3) is 28.6. The molecule has 7 atom stereocenters. The van der Waals surface area contributed by atoms with Crippen LogP contribution in [0, 0.1) is 0 Å². The van der Waals surface area contributed by atoms with Crippen molar-refractivity contribution in [2.24, 2.45) is 0 Å². The molecule has 12 nitrogen and oxygen atoms in total. The van der Waals surface area contributed by atoms with E-state index in [1.807, 2.05) is 6.08 Å². The summed E-state index contributed by atoms with van der Waals surface area (Å²) in [5, 5.41) is 44.5. The van der Waals surface area contributed by atoms with Gasteiger partial charge in [0, 0.05) is 6.42 Å². The summed E-state index contributed by atoms with van der Waals surface area (Å²) in [5.41, 5.74) is 0. The van der Waals surface area contributed by atoms with Crippen LogP contribution >= 0.6 is 0 Å². The van der Waals surface area contributed by atoms with Crippen LogP contribution in [0.15, 0.2) is 24.3 Å². The Morgan fingerprint density at radius 2 is 1.12 bits per heavy atom. The Morgan fingerprint density at radius 1 is 0.684 bits per heavy atom. The van der Waals surface area contributed by atoms with Gasteiger partial charge >= 0.3 is 10.4 Å². The molecule has 1 amide bonds. The van der Waals surface area contributed by atoms with Crippen LogP contribution in [0.4, 0.5) is 0 Å². The number of rotatable bonds is 38. The molecule has 0 bridgehead atoms. The Bertz CT molecular complexity index is 1120. The Balaban J connectivity index is 2.47. The summed E-state index contributed by atoms with van der Waals surface area (Å²) in [5.74, 6) is -0.299. The summed E-state index contributed by atoms with van der Waals surface area (Å²) in [6.45, 7) is 3.32. The Labute approximate surface area is 346 Å². The van der Waals surface area contributed by atoms with Crippen LogP contribution in [-0.2, 0) is 28.9 Å². The van der Waals surface area contributed by atoms with E-state index in [0.29, 0.717) is 6.42 Å². The minimum Gasteiger partial charge on any atom is -0.394 e. The lowest BCUT2D eigenvalue weighted by molar-refractivity contribution is -0.298. The van der Waals surface area contributed by atoms with E-state index in [2.05, 4.69) is 35.5 Å². The minimum atomic E-state index is -5.08. The Hall–Kier alpha value is -1.42. The van der Waals surface area contributed by atoms with Gasteiger partial charge in [-0.1, -0.05) is 173 Å². The van der Waals surface area contributed by atoms with Gasteiger partial charge in [0.1, 0.15) is 24.4 Å². The number of nitrogens with one attached hydrogen (secondary N) is 1. The molecule has 6 N–H and O–H groups in total. The van der Waals surface area contributed by atoms with Crippen molar-refractivity contribution < 1.29 is 51.8 Å². The number of aliphatic hydroxyl groups is 4. The lowest BCUT2D eigenvalue weighted by Crippen LogP contribution is -2.61. The van der Waals surface area contributed by atoms with E-state index in [4.69, 9.17) is 14.0 Å². The highest BCUT2D eigenvalue weighted by molar-refractivity contribution is 7.80. The highest BCUT2D eigenvalue weighted by Gasteiger charge is 2.48. The van der Waals surface area contributed by atoms with Crippen molar-refractivity contribution in [3.63, 3.8) is 0 Å². The van der Waals surface area contributed by atoms with Gasteiger partial charge in [-0.05, 0) is 38.5 Å². The average Bonchev–Trinajstić information content (AvgIpc) is 3.18. The zero-order valence-corrected chi connectivity index (χ0v) is 36.5. The quantitative estimate of drug-likeness (QED) is 0.0198. The fourth-order valence-corrected chi connectivity index (χ4v) is 7.67. The highest BCUT2D eigenvalue weighted by atomic mass is 32.3. The average molecular weight is 834 g/mol. The topological polar surface area (TPSA) is 192 Å². The van der Waals surface area contributed by atoms with Gasteiger partial charge in [-0.15, -0.1) is 0 Å². The Morgan fingerprint density at radius 3 is 1.60 bits per heavy atom.